The minimum Gasteiger partial charge on any atom is -0.494 e. The van der Waals surface area contributed by atoms with Gasteiger partial charge in [-0.2, -0.15) is 0 Å². The molecule has 0 aromatic heterocycles. The van der Waals surface area contributed by atoms with Crippen molar-refractivity contribution in [1.29, 1.82) is 0 Å². The molecule has 1 aromatic rings. The number of rotatable bonds is 3. The molecule has 2 heteroatoms. The highest BCUT2D eigenvalue weighted by Crippen LogP contribution is 2.34. The molecule has 0 aliphatic heterocycles. The van der Waals surface area contributed by atoms with Crippen molar-refractivity contribution in [3.8, 4) is 0 Å². The first-order valence-corrected chi connectivity index (χ1v) is 5.43. The average molecular weight is 203 g/mol. The van der Waals surface area contributed by atoms with Crippen molar-refractivity contribution in [2.24, 2.45) is 5.73 Å². The van der Waals surface area contributed by atoms with Gasteiger partial charge in [-0.3, -0.25) is 0 Å². The van der Waals surface area contributed by atoms with E-state index in [4.69, 9.17) is 10.5 Å². The molecule has 2 nitrogen and oxygen atoms in total. The average Bonchev–Trinajstić information content (AvgIpc) is 2.61. The maximum Gasteiger partial charge on any atom is 0.119 e. The number of fused-ring (bicyclic) bond motifs is 1. The van der Waals surface area contributed by atoms with Crippen LogP contribution in [0.15, 0.2) is 24.8 Å². The summed E-state index contributed by atoms with van der Waals surface area (Å²) >= 11 is 0. The van der Waals surface area contributed by atoms with E-state index in [1.165, 1.54) is 11.1 Å². The van der Waals surface area contributed by atoms with Crippen molar-refractivity contribution in [3.05, 3.63) is 41.5 Å². The molecule has 1 aliphatic carbocycles. The number of ether oxygens (including phenoxy) is 1. The molecule has 0 radical (unpaired) electrons. The molecule has 2 N–H and O–H groups in total. The lowest BCUT2D eigenvalue weighted by molar-refractivity contribution is 0.299. The van der Waals surface area contributed by atoms with Gasteiger partial charge in [0.2, 0.25) is 0 Å². The zero-order valence-electron chi connectivity index (χ0n) is 9.12. The smallest absolute Gasteiger partial charge is 0.119 e. The van der Waals surface area contributed by atoms with Gasteiger partial charge in [-0.15, -0.1) is 0 Å². The second kappa shape index (κ2) is 4.07. The molecule has 0 bridgehead atoms. The van der Waals surface area contributed by atoms with Crippen LogP contribution < -0.4 is 5.73 Å². The monoisotopic (exact) mass is 203 g/mol. The molecule has 80 valence electrons. The summed E-state index contributed by atoms with van der Waals surface area (Å²) in [6, 6.07) is 6.39. The molecule has 1 unspecified atom stereocenters. The lowest BCUT2D eigenvalue weighted by Gasteiger charge is -2.12. The van der Waals surface area contributed by atoms with Gasteiger partial charge in [-0.25, -0.2) is 0 Å². The van der Waals surface area contributed by atoms with Gasteiger partial charge in [-0.1, -0.05) is 24.8 Å². The van der Waals surface area contributed by atoms with Crippen molar-refractivity contribution in [3.63, 3.8) is 0 Å². The van der Waals surface area contributed by atoms with Crippen LogP contribution in [0.3, 0.4) is 0 Å². The Morgan fingerprint density at radius 3 is 3.13 bits per heavy atom. The largest absolute Gasteiger partial charge is 0.494 e. The Morgan fingerprint density at radius 2 is 2.40 bits per heavy atom. The van der Waals surface area contributed by atoms with Gasteiger partial charge in [0.15, 0.2) is 0 Å². The topological polar surface area (TPSA) is 35.2 Å². The predicted octanol–water partition coefficient (Wildman–Crippen LogP) is 2.64. The molecule has 0 saturated carbocycles. The van der Waals surface area contributed by atoms with Gasteiger partial charge >= 0.3 is 0 Å². The van der Waals surface area contributed by atoms with E-state index < -0.39 is 0 Å². The van der Waals surface area contributed by atoms with Gasteiger partial charge in [0.1, 0.15) is 5.76 Å². The van der Waals surface area contributed by atoms with Crippen LogP contribution in [-0.4, -0.2) is 6.61 Å². The van der Waals surface area contributed by atoms with Crippen LogP contribution >= 0.6 is 0 Å². The van der Waals surface area contributed by atoms with Crippen LogP contribution in [-0.2, 0) is 11.2 Å². The Labute approximate surface area is 90.7 Å². The van der Waals surface area contributed by atoms with Crippen LogP contribution in [0.1, 0.15) is 36.1 Å². The van der Waals surface area contributed by atoms with Crippen molar-refractivity contribution in [1.82, 2.24) is 0 Å². The molecule has 1 aliphatic rings. The quantitative estimate of drug-likeness (QED) is 0.766. The highest BCUT2D eigenvalue weighted by atomic mass is 16.5. The number of hydrogen-bond donors (Lipinski definition) is 1. The van der Waals surface area contributed by atoms with E-state index in [0.29, 0.717) is 6.61 Å². The molecule has 1 atom stereocenters. The maximum atomic E-state index is 6.02. The Kier molecular flexibility index (Phi) is 2.78. The second-order valence-corrected chi connectivity index (χ2v) is 3.87. The Hall–Kier alpha value is -1.28. The van der Waals surface area contributed by atoms with E-state index >= 15 is 0 Å². The molecule has 0 heterocycles. The fourth-order valence-electron chi connectivity index (χ4n) is 2.20. The molecule has 0 amide bonds. The lowest BCUT2D eigenvalue weighted by Crippen LogP contribution is -2.05. The third kappa shape index (κ3) is 1.77. The predicted molar refractivity (Wildman–Crippen MR) is 62.4 cm³/mol. The van der Waals surface area contributed by atoms with Gasteiger partial charge in [0, 0.05) is 11.6 Å². The first kappa shape index (κ1) is 10.2. The fourth-order valence-corrected chi connectivity index (χ4v) is 2.20. The molecular weight excluding hydrogens is 186 g/mol. The van der Waals surface area contributed by atoms with Crippen molar-refractivity contribution in [2.75, 3.05) is 6.61 Å². The standard InChI is InChI=1S/C13H17NO/c1-3-15-9(2)10-5-4-6-12-11(10)7-8-13(12)14/h4-6,13H,2-3,7-8,14H2,1H3. The first-order chi connectivity index (χ1) is 7.24. The minimum atomic E-state index is 0.189. The summed E-state index contributed by atoms with van der Waals surface area (Å²) in [5.74, 6) is 0.767. The minimum absolute atomic E-state index is 0.189. The van der Waals surface area contributed by atoms with E-state index in [1.807, 2.05) is 13.0 Å². The van der Waals surface area contributed by atoms with Crippen LogP contribution in [0.2, 0.25) is 0 Å². The molecule has 15 heavy (non-hydrogen) atoms. The van der Waals surface area contributed by atoms with Gasteiger partial charge in [0.05, 0.1) is 6.61 Å². The van der Waals surface area contributed by atoms with Crippen LogP contribution in [0.5, 0.6) is 0 Å². The summed E-state index contributed by atoms with van der Waals surface area (Å²) in [5.41, 5.74) is 9.73. The van der Waals surface area contributed by atoms with E-state index in [0.717, 1.165) is 24.2 Å². The zero-order chi connectivity index (χ0) is 10.8. The van der Waals surface area contributed by atoms with Gasteiger partial charge < -0.3 is 10.5 Å². The summed E-state index contributed by atoms with van der Waals surface area (Å²) in [4.78, 5) is 0. The van der Waals surface area contributed by atoms with Crippen LogP contribution in [0.4, 0.5) is 0 Å². The highest BCUT2D eigenvalue weighted by Gasteiger charge is 2.22. The first-order valence-electron chi connectivity index (χ1n) is 5.43. The van der Waals surface area contributed by atoms with Crippen LogP contribution in [0, 0.1) is 0 Å². The third-order valence-corrected chi connectivity index (χ3v) is 2.94. The summed E-state index contributed by atoms with van der Waals surface area (Å²) in [6.07, 6.45) is 2.07. The molecule has 0 spiro atoms. The Balaban J connectivity index is 2.38. The Morgan fingerprint density at radius 1 is 1.60 bits per heavy atom. The zero-order valence-corrected chi connectivity index (χ0v) is 9.12. The molecule has 0 fully saturated rings. The maximum absolute atomic E-state index is 6.02. The summed E-state index contributed by atoms with van der Waals surface area (Å²) in [7, 11) is 0. The van der Waals surface area contributed by atoms with E-state index in [1.54, 1.807) is 0 Å². The lowest BCUT2D eigenvalue weighted by atomic mass is 10.0. The number of benzene rings is 1. The molecular formula is C13H17NO. The normalized spacial score (nSPS) is 18.7. The second-order valence-electron chi connectivity index (χ2n) is 3.87. The number of hydrogen-bond acceptors (Lipinski definition) is 2. The van der Waals surface area contributed by atoms with E-state index in [9.17, 15) is 0 Å². The SMILES string of the molecule is C=C(OCC)c1cccc2c1CCC2N. The molecule has 0 saturated heterocycles. The molecule has 1 aromatic carbocycles. The summed E-state index contributed by atoms with van der Waals surface area (Å²) < 4.78 is 5.45. The number of nitrogens with two attached hydrogens (primary N) is 1. The van der Waals surface area contributed by atoms with Crippen molar-refractivity contribution < 1.29 is 4.74 Å². The summed E-state index contributed by atoms with van der Waals surface area (Å²) in [5, 5.41) is 0. The Bertz CT molecular complexity index is 384. The van der Waals surface area contributed by atoms with Crippen molar-refractivity contribution >= 4 is 5.76 Å². The highest BCUT2D eigenvalue weighted by molar-refractivity contribution is 5.63. The van der Waals surface area contributed by atoms with E-state index in [-0.39, 0.29) is 6.04 Å². The van der Waals surface area contributed by atoms with Gasteiger partial charge in [0.25, 0.3) is 0 Å². The van der Waals surface area contributed by atoms with Gasteiger partial charge in [-0.05, 0) is 30.9 Å². The van der Waals surface area contributed by atoms with Crippen molar-refractivity contribution in [2.45, 2.75) is 25.8 Å². The third-order valence-electron chi connectivity index (χ3n) is 2.94. The van der Waals surface area contributed by atoms with E-state index in [2.05, 4.69) is 18.7 Å². The van der Waals surface area contributed by atoms with Crippen LogP contribution in [0.25, 0.3) is 5.76 Å². The molecule has 2 rings (SSSR count). The fraction of sp³-hybridized carbons (Fsp3) is 0.385. The summed E-state index contributed by atoms with van der Waals surface area (Å²) in [6.45, 7) is 6.59.